The number of sulfonamides is 1. The molecule has 1 aliphatic heterocycles. The maximum Gasteiger partial charge on any atom is 0.323 e. The number of nitrogens with one attached hydrogen (secondary N) is 2. The molecule has 2 heterocycles. The molecule has 1 saturated heterocycles. The zero-order chi connectivity index (χ0) is 16.9. The van der Waals surface area contributed by atoms with Crippen molar-refractivity contribution in [1.82, 2.24) is 19.2 Å². The van der Waals surface area contributed by atoms with Crippen LogP contribution in [0.1, 0.15) is 12.8 Å². The lowest BCUT2D eigenvalue weighted by Crippen LogP contribution is -2.50. The molecule has 2 fully saturated rings. The minimum absolute atomic E-state index is 0.146. The number of benzene rings is 1. The minimum atomic E-state index is -3.64. The Labute approximate surface area is 138 Å². The highest BCUT2D eigenvalue weighted by molar-refractivity contribution is 7.89. The fourth-order valence-electron chi connectivity index (χ4n) is 3.06. The van der Waals surface area contributed by atoms with Crippen LogP contribution in [0, 0.1) is 5.92 Å². The summed E-state index contributed by atoms with van der Waals surface area (Å²) in [6, 6.07) is 4.53. The normalized spacial score (nSPS) is 19.8. The highest BCUT2D eigenvalue weighted by atomic mass is 32.2. The van der Waals surface area contributed by atoms with E-state index in [1.165, 1.54) is 16.4 Å². The van der Waals surface area contributed by atoms with Crippen LogP contribution in [-0.2, 0) is 14.8 Å². The van der Waals surface area contributed by atoms with Gasteiger partial charge in [0, 0.05) is 32.1 Å². The Hall–Kier alpha value is -2.13. The number of aromatic nitrogens is 2. The van der Waals surface area contributed by atoms with Gasteiger partial charge in [-0.3, -0.25) is 4.79 Å². The quantitative estimate of drug-likeness (QED) is 0.819. The topological polar surface area (TPSA) is 106 Å². The largest absolute Gasteiger partial charge is 0.340 e. The first kappa shape index (κ1) is 15.4. The number of hydrogen-bond donors (Lipinski definition) is 2. The van der Waals surface area contributed by atoms with E-state index in [1.54, 1.807) is 11.0 Å². The van der Waals surface area contributed by atoms with E-state index in [0.29, 0.717) is 37.2 Å². The van der Waals surface area contributed by atoms with Crippen molar-refractivity contribution in [2.24, 2.45) is 5.92 Å². The van der Waals surface area contributed by atoms with E-state index in [-0.39, 0.29) is 22.4 Å². The molecular formula is C15H18N4O4S. The van der Waals surface area contributed by atoms with E-state index in [4.69, 9.17) is 0 Å². The van der Waals surface area contributed by atoms with Gasteiger partial charge in [0.2, 0.25) is 15.9 Å². The third-order valence-electron chi connectivity index (χ3n) is 4.60. The lowest BCUT2D eigenvalue weighted by molar-refractivity contribution is -0.133. The number of carbonyl (C=O) groups is 1. The SMILES string of the molecule is O=C(C1CC1)N1CCN(S(=O)(=O)c2ccc3[nH]c(=O)[nH]c3c2)CC1. The Bertz CT molecular complexity index is 949. The van der Waals surface area contributed by atoms with Gasteiger partial charge in [0.1, 0.15) is 0 Å². The number of rotatable bonds is 3. The number of imidazole rings is 1. The van der Waals surface area contributed by atoms with Gasteiger partial charge in [-0.15, -0.1) is 0 Å². The molecule has 4 rings (SSSR count). The first-order valence-corrected chi connectivity index (χ1v) is 9.40. The van der Waals surface area contributed by atoms with Crippen LogP contribution in [0.3, 0.4) is 0 Å². The molecule has 0 bridgehead atoms. The molecule has 1 amide bonds. The Morgan fingerprint density at radius 1 is 1.04 bits per heavy atom. The standard InChI is InChI=1S/C15H18N4O4S/c20-14(10-1-2-10)18-5-7-19(8-6-18)24(22,23)11-3-4-12-13(9-11)17-15(21)16-12/h3-4,9-10H,1-2,5-8H2,(H2,16,17,21). The van der Waals surface area contributed by atoms with E-state index in [2.05, 4.69) is 9.97 Å². The zero-order valence-corrected chi connectivity index (χ0v) is 13.8. The van der Waals surface area contributed by atoms with Crippen LogP contribution >= 0.6 is 0 Å². The number of fused-ring (bicyclic) bond motifs is 1. The summed E-state index contributed by atoms with van der Waals surface area (Å²) in [6.45, 7) is 1.45. The lowest BCUT2D eigenvalue weighted by Gasteiger charge is -2.34. The highest BCUT2D eigenvalue weighted by Gasteiger charge is 2.36. The number of carbonyl (C=O) groups excluding carboxylic acids is 1. The molecule has 1 aromatic carbocycles. The van der Waals surface area contributed by atoms with Gasteiger partial charge in [0.15, 0.2) is 0 Å². The zero-order valence-electron chi connectivity index (χ0n) is 13.0. The summed E-state index contributed by atoms with van der Waals surface area (Å²) in [7, 11) is -3.64. The second-order valence-corrected chi connectivity index (χ2v) is 8.23. The Morgan fingerprint density at radius 2 is 1.71 bits per heavy atom. The van der Waals surface area contributed by atoms with E-state index in [9.17, 15) is 18.0 Å². The summed E-state index contributed by atoms with van der Waals surface area (Å²) in [5.74, 6) is 0.305. The van der Waals surface area contributed by atoms with Crippen molar-refractivity contribution in [1.29, 1.82) is 0 Å². The molecule has 24 heavy (non-hydrogen) atoms. The molecule has 8 nitrogen and oxygen atoms in total. The molecule has 0 spiro atoms. The van der Waals surface area contributed by atoms with Gasteiger partial charge in [-0.2, -0.15) is 4.31 Å². The number of H-pyrrole nitrogens is 2. The second-order valence-electron chi connectivity index (χ2n) is 6.29. The molecule has 2 aromatic rings. The van der Waals surface area contributed by atoms with Crippen LogP contribution < -0.4 is 5.69 Å². The average Bonchev–Trinajstić information content (AvgIpc) is 3.35. The molecule has 1 aromatic heterocycles. The number of aromatic amines is 2. The van der Waals surface area contributed by atoms with Gasteiger partial charge in [-0.05, 0) is 31.0 Å². The molecule has 0 unspecified atom stereocenters. The van der Waals surface area contributed by atoms with Crippen molar-refractivity contribution in [3.8, 4) is 0 Å². The lowest BCUT2D eigenvalue weighted by atomic mass is 10.3. The molecule has 2 N–H and O–H groups in total. The van der Waals surface area contributed by atoms with E-state index in [0.717, 1.165) is 12.8 Å². The van der Waals surface area contributed by atoms with Crippen LogP contribution in [0.2, 0.25) is 0 Å². The maximum absolute atomic E-state index is 12.8. The van der Waals surface area contributed by atoms with Crippen molar-refractivity contribution in [3.05, 3.63) is 28.7 Å². The molecule has 9 heteroatoms. The summed E-state index contributed by atoms with van der Waals surface area (Å²) in [5, 5.41) is 0. The van der Waals surface area contributed by atoms with E-state index >= 15 is 0 Å². The highest BCUT2D eigenvalue weighted by Crippen LogP contribution is 2.31. The fourth-order valence-corrected chi connectivity index (χ4v) is 4.51. The van der Waals surface area contributed by atoms with Crippen LogP contribution in [0.25, 0.3) is 11.0 Å². The minimum Gasteiger partial charge on any atom is -0.340 e. The number of amides is 1. The predicted octanol–water partition coefficient (Wildman–Crippen LogP) is 0.0991. The van der Waals surface area contributed by atoms with Crippen LogP contribution in [0.4, 0.5) is 0 Å². The molecule has 128 valence electrons. The van der Waals surface area contributed by atoms with Crippen molar-refractivity contribution < 1.29 is 13.2 Å². The van der Waals surface area contributed by atoms with Crippen LogP contribution in [0.5, 0.6) is 0 Å². The van der Waals surface area contributed by atoms with Gasteiger partial charge in [0.25, 0.3) is 0 Å². The molecule has 1 aliphatic carbocycles. The number of nitrogens with zero attached hydrogens (tertiary/aromatic N) is 2. The first-order valence-electron chi connectivity index (χ1n) is 7.96. The Morgan fingerprint density at radius 3 is 2.38 bits per heavy atom. The Kier molecular flexibility index (Phi) is 3.50. The van der Waals surface area contributed by atoms with Crippen LogP contribution in [0.15, 0.2) is 27.9 Å². The summed E-state index contributed by atoms with van der Waals surface area (Å²) in [5.41, 5.74) is 0.661. The van der Waals surface area contributed by atoms with Gasteiger partial charge >= 0.3 is 5.69 Å². The Balaban J connectivity index is 1.53. The number of piperazine rings is 1. The van der Waals surface area contributed by atoms with Crippen LogP contribution in [-0.4, -0.2) is 59.7 Å². The van der Waals surface area contributed by atoms with Gasteiger partial charge in [-0.25, -0.2) is 13.2 Å². The smallest absolute Gasteiger partial charge is 0.323 e. The molecule has 2 aliphatic rings. The predicted molar refractivity (Wildman–Crippen MR) is 87.0 cm³/mol. The monoisotopic (exact) mass is 350 g/mol. The van der Waals surface area contributed by atoms with Crippen molar-refractivity contribution >= 4 is 27.0 Å². The summed E-state index contributed by atoms with van der Waals surface area (Å²) in [4.78, 5) is 30.4. The summed E-state index contributed by atoms with van der Waals surface area (Å²) < 4.78 is 27.0. The van der Waals surface area contributed by atoms with Crippen molar-refractivity contribution in [2.45, 2.75) is 17.7 Å². The molecule has 0 radical (unpaired) electrons. The average molecular weight is 350 g/mol. The maximum atomic E-state index is 12.8. The van der Waals surface area contributed by atoms with Gasteiger partial charge in [-0.1, -0.05) is 0 Å². The third-order valence-corrected chi connectivity index (χ3v) is 6.50. The van der Waals surface area contributed by atoms with Crippen molar-refractivity contribution in [2.75, 3.05) is 26.2 Å². The van der Waals surface area contributed by atoms with Crippen molar-refractivity contribution in [3.63, 3.8) is 0 Å². The fraction of sp³-hybridized carbons (Fsp3) is 0.467. The summed E-state index contributed by atoms with van der Waals surface area (Å²) >= 11 is 0. The van der Waals surface area contributed by atoms with E-state index in [1.807, 2.05) is 0 Å². The third kappa shape index (κ3) is 2.63. The number of hydrogen-bond acceptors (Lipinski definition) is 4. The molecule has 1 saturated carbocycles. The van der Waals surface area contributed by atoms with E-state index < -0.39 is 10.0 Å². The first-order chi connectivity index (χ1) is 11.4. The molecular weight excluding hydrogens is 332 g/mol. The summed E-state index contributed by atoms with van der Waals surface area (Å²) in [6.07, 6.45) is 1.90. The molecule has 0 atom stereocenters. The van der Waals surface area contributed by atoms with Gasteiger partial charge < -0.3 is 14.9 Å². The second kappa shape index (κ2) is 5.45. The van der Waals surface area contributed by atoms with Gasteiger partial charge in [0.05, 0.1) is 15.9 Å².